The maximum atomic E-state index is 4.23. The fourth-order valence-electron chi connectivity index (χ4n) is 1.92. The van der Waals surface area contributed by atoms with E-state index in [4.69, 9.17) is 0 Å². The van der Waals surface area contributed by atoms with Crippen molar-refractivity contribution in [1.29, 1.82) is 0 Å². The van der Waals surface area contributed by atoms with Crippen molar-refractivity contribution < 1.29 is 0 Å². The van der Waals surface area contributed by atoms with E-state index in [0.717, 1.165) is 13.0 Å². The second-order valence-corrected chi connectivity index (χ2v) is 6.79. The Labute approximate surface area is 112 Å². The van der Waals surface area contributed by atoms with Gasteiger partial charge in [0.15, 0.2) is 0 Å². The molecule has 1 atom stereocenters. The predicted octanol–water partition coefficient (Wildman–Crippen LogP) is 3.16. The fourth-order valence-corrected chi connectivity index (χ4v) is 1.92. The van der Waals surface area contributed by atoms with E-state index in [1.165, 1.54) is 18.4 Å². The summed E-state index contributed by atoms with van der Waals surface area (Å²) in [6, 6.07) is 0. The van der Waals surface area contributed by atoms with Crippen LogP contribution in [0.25, 0.3) is 0 Å². The molecule has 0 radical (unpaired) electrons. The summed E-state index contributed by atoms with van der Waals surface area (Å²) < 4.78 is 1.88. The maximum Gasteiger partial charge on any atom is 0.0521 e. The lowest BCUT2D eigenvalue weighted by atomic mass is 9.81. The van der Waals surface area contributed by atoms with Crippen LogP contribution in [-0.2, 0) is 13.5 Å². The third kappa shape index (κ3) is 5.21. The Morgan fingerprint density at radius 2 is 1.94 bits per heavy atom. The zero-order chi connectivity index (χ0) is 13.8. The van der Waals surface area contributed by atoms with Crippen LogP contribution in [0, 0.1) is 5.41 Å². The minimum atomic E-state index is 0.199. The van der Waals surface area contributed by atoms with Crippen molar-refractivity contribution in [1.82, 2.24) is 15.1 Å². The van der Waals surface area contributed by atoms with Gasteiger partial charge in [0, 0.05) is 25.3 Å². The van der Waals surface area contributed by atoms with Crippen LogP contribution < -0.4 is 5.32 Å². The van der Waals surface area contributed by atoms with Crippen molar-refractivity contribution in [3.05, 3.63) is 18.0 Å². The molecule has 0 aliphatic rings. The normalized spacial score (nSPS) is 15.7. The molecule has 0 aliphatic carbocycles. The first-order valence-corrected chi connectivity index (χ1v) is 6.97. The van der Waals surface area contributed by atoms with E-state index < -0.39 is 0 Å². The molecule has 1 heterocycles. The number of hydrogen-bond acceptors (Lipinski definition) is 2. The molecule has 3 heteroatoms. The number of aryl methyl sites for hydroxylation is 2. The molecule has 1 aromatic rings. The molecule has 104 valence electrons. The summed E-state index contributed by atoms with van der Waals surface area (Å²) in [6.07, 6.45) is 7.62. The van der Waals surface area contributed by atoms with Gasteiger partial charge in [-0.25, -0.2) is 0 Å². The van der Waals surface area contributed by atoms with Crippen LogP contribution in [0.2, 0.25) is 0 Å². The van der Waals surface area contributed by atoms with Crippen LogP contribution in [0.5, 0.6) is 0 Å². The van der Waals surface area contributed by atoms with Crippen LogP contribution in [0.4, 0.5) is 0 Å². The summed E-state index contributed by atoms with van der Waals surface area (Å²) >= 11 is 0. The summed E-state index contributed by atoms with van der Waals surface area (Å²) in [5.41, 5.74) is 1.90. The molecule has 0 aromatic carbocycles. The zero-order valence-electron chi connectivity index (χ0n) is 12.9. The fraction of sp³-hybridized carbons (Fsp3) is 0.800. The highest BCUT2D eigenvalue weighted by Crippen LogP contribution is 2.27. The van der Waals surface area contributed by atoms with Crippen molar-refractivity contribution in [2.24, 2.45) is 12.5 Å². The molecule has 0 bridgehead atoms. The summed E-state index contributed by atoms with van der Waals surface area (Å²) in [4.78, 5) is 0. The number of nitrogens with one attached hydrogen (secondary N) is 1. The summed E-state index contributed by atoms with van der Waals surface area (Å²) in [5, 5.41) is 7.86. The van der Waals surface area contributed by atoms with Gasteiger partial charge >= 0.3 is 0 Å². The van der Waals surface area contributed by atoms with Crippen molar-refractivity contribution in [2.45, 2.75) is 59.4 Å². The molecule has 0 fully saturated rings. The average molecular weight is 251 g/mol. The van der Waals surface area contributed by atoms with Gasteiger partial charge in [0.2, 0.25) is 0 Å². The number of hydrogen-bond donors (Lipinski definition) is 1. The van der Waals surface area contributed by atoms with Gasteiger partial charge in [-0.1, -0.05) is 13.8 Å². The molecule has 1 N–H and O–H groups in total. The van der Waals surface area contributed by atoms with Gasteiger partial charge in [0.25, 0.3) is 0 Å². The minimum absolute atomic E-state index is 0.199. The molecule has 0 saturated heterocycles. The first-order chi connectivity index (χ1) is 8.24. The highest BCUT2D eigenvalue weighted by Gasteiger charge is 2.24. The Kier molecular flexibility index (Phi) is 4.97. The molecule has 1 rings (SSSR count). The van der Waals surface area contributed by atoms with Crippen molar-refractivity contribution in [3.63, 3.8) is 0 Å². The quantitative estimate of drug-likeness (QED) is 0.841. The largest absolute Gasteiger partial charge is 0.312 e. The minimum Gasteiger partial charge on any atom is -0.312 e. The molecule has 1 aromatic heterocycles. The molecular formula is C15H29N3. The van der Waals surface area contributed by atoms with E-state index in [9.17, 15) is 0 Å². The highest BCUT2D eigenvalue weighted by molar-refractivity contribution is 5.04. The smallest absolute Gasteiger partial charge is 0.0521 e. The predicted molar refractivity (Wildman–Crippen MR) is 77.7 cm³/mol. The van der Waals surface area contributed by atoms with Crippen LogP contribution in [0.3, 0.4) is 0 Å². The summed E-state index contributed by atoms with van der Waals surface area (Å²) in [6.45, 7) is 12.4. The Hall–Kier alpha value is -0.830. The second kappa shape index (κ2) is 5.87. The summed E-state index contributed by atoms with van der Waals surface area (Å²) in [7, 11) is 1.98. The van der Waals surface area contributed by atoms with E-state index in [-0.39, 0.29) is 5.54 Å². The van der Waals surface area contributed by atoms with Crippen LogP contribution in [0.1, 0.15) is 53.0 Å². The Bertz CT molecular complexity index is 362. The lowest BCUT2D eigenvalue weighted by molar-refractivity contribution is 0.239. The van der Waals surface area contributed by atoms with E-state index >= 15 is 0 Å². The second-order valence-electron chi connectivity index (χ2n) is 6.79. The molecule has 1 unspecified atom stereocenters. The molecule has 18 heavy (non-hydrogen) atoms. The maximum absolute atomic E-state index is 4.23. The Morgan fingerprint density at radius 1 is 1.28 bits per heavy atom. The van der Waals surface area contributed by atoms with Gasteiger partial charge in [-0.15, -0.1) is 0 Å². The summed E-state index contributed by atoms with van der Waals surface area (Å²) in [5.74, 6) is 0. The number of rotatable bonds is 6. The van der Waals surface area contributed by atoms with Gasteiger partial charge in [-0.05, 0) is 51.0 Å². The SMILES string of the molecule is CCC(C)(CCc1cnn(C)c1)CNC(C)(C)C. The van der Waals surface area contributed by atoms with Crippen molar-refractivity contribution >= 4 is 0 Å². The number of nitrogens with zero attached hydrogens (tertiary/aromatic N) is 2. The van der Waals surface area contributed by atoms with Crippen LogP contribution in [-0.4, -0.2) is 21.9 Å². The molecule has 0 saturated carbocycles. The molecule has 0 aliphatic heterocycles. The zero-order valence-corrected chi connectivity index (χ0v) is 12.9. The average Bonchev–Trinajstić information content (AvgIpc) is 2.69. The third-order valence-electron chi connectivity index (χ3n) is 3.67. The van der Waals surface area contributed by atoms with E-state index in [1.54, 1.807) is 0 Å². The van der Waals surface area contributed by atoms with E-state index in [2.05, 4.69) is 51.2 Å². The van der Waals surface area contributed by atoms with Crippen molar-refractivity contribution in [3.8, 4) is 0 Å². The van der Waals surface area contributed by atoms with E-state index in [1.807, 2.05) is 17.9 Å². The lowest BCUT2D eigenvalue weighted by Gasteiger charge is -2.33. The lowest BCUT2D eigenvalue weighted by Crippen LogP contribution is -2.42. The first kappa shape index (κ1) is 15.2. The third-order valence-corrected chi connectivity index (χ3v) is 3.67. The van der Waals surface area contributed by atoms with Crippen LogP contribution >= 0.6 is 0 Å². The van der Waals surface area contributed by atoms with Crippen molar-refractivity contribution in [2.75, 3.05) is 6.54 Å². The number of aromatic nitrogens is 2. The van der Waals surface area contributed by atoms with Gasteiger partial charge in [-0.2, -0.15) is 5.10 Å². The van der Waals surface area contributed by atoms with Gasteiger partial charge in [0.05, 0.1) is 6.20 Å². The Morgan fingerprint density at radius 3 is 2.39 bits per heavy atom. The molecule has 0 amide bonds. The molecule has 0 spiro atoms. The topological polar surface area (TPSA) is 29.9 Å². The molecule has 3 nitrogen and oxygen atoms in total. The van der Waals surface area contributed by atoms with Gasteiger partial charge in [-0.3, -0.25) is 4.68 Å². The van der Waals surface area contributed by atoms with E-state index in [0.29, 0.717) is 5.41 Å². The first-order valence-electron chi connectivity index (χ1n) is 6.97. The highest BCUT2D eigenvalue weighted by atomic mass is 15.2. The standard InChI is InChI=1S/C15H29N3/c1-7-15(5,12-16-14(2,3)4)9-8-13-10-17-18(6)11-13/h10-11,16H,7-9,12H2,1-6H3. The monoisotopic (exact) mass is 251 g/mol. The van der Waals surface area contributed by atoms with Gasteiger partial charge < -0.3 is 5.32 Å². The van der Waals surface area contributed by atoms with Crippen LogP contribution in [0.15, 0.2) is 12.4 Å². The molecular weight excluding hydrogens is 222 g/mol. The Balaban J connectivity index is 2.49. The van der Waals surface area contributed by atoms with Gasteiger partial charge in [0.1, 0.15) is 0 Å².